The van der Waals surface area contributed by atoms with Crippen LogP contribution in [0.25, 0.3) is 11.5 Å². The van der Waals surface area contributed by atoms with Gasteiger partial charge >= 0.3 is 6.18 Å². The first-order valence-electron chi connectivity index (χ1n) is 9.06. The Labute approximate surface area is 165 Å². The topological polar surface area (TPSA) is 72.5 Å². The van der Waals surface area contributed by atoms with E-state index in [4.69, 9.17) is 4.42 Å². The van der Waals surface area contributed by atoms with Gasteiger partial charge in [-0.25, -0.2) is 9.97 Å². The highest BCUT2D eigenvalue weighted by atomic mass is 32.2. The minimum absolute atomic E-state index is 0.0254. The van der Waals surface area contributed by atoms with Crippen molar-refractivity contribution < 1.29 is 27.3 Å². The van der Waals surface area contributed by atoms with Crippen LogP contribution < -0.4 is 10.2 Å². The smallest absolute Gasteiger partial charge is 0.433 e. The number of alkyl halides is 3. The van der Waals surface area contributed by atoms with Crippen molar-refractivity contribution in [2.24, 2.45) is 0 Å². The molecule has 0 aliphatic carbocycles. The molecule has 0 atom stereocenters. The van der Waals surface area contributed by atoms with Crippen LogP contribution in [0.2, 0.25) is 0 Å². The molecule has 0 aliphatic rings. The molecule has 2 aromatic rings. The number of furan rings is 1. The molecule has 0 aliphatic heterocycles. The normalized spacial score (nSPS) is 11.8. The molecule has 28 heavy (non-hydrogen) atoms. The summed E-state index contributed by atoms with van der Waals surface area (Å²) < 4.78 is 44.4. The van der Waals surface area contributed by atoms with Gasteiger partial charge in [0, 0.05) is 13.0 Å². The molecule has 2 N–H and O–H groups in total. The van der Waals surface area contributed by atoms with Gasteiger partial charge in [0.15, 0.2) is 10.9 Å². The highest BCUT2D eigenvalue weighted by Crippen LogP contribution is 2.32. The summed E-state index contributed by atoms with van der Waals surface area (Å²) in [5.41, 5.74) is -1.04. The van der Waals surface area contributed by atoms with E-state index in [9.17, 15) is 18.0 Å². The maximum absolute atomic E-state index is 13.1. The van der Waals surface area contributed by atoms with Gasteiger partial charge < -0.3 is 14.6 Å². The Morgan fingerprint density at radius 2 is 2.04 bits per heavy atom. The second-order valence-corrected chi connectivity index (χ2v) is 7.04. The van der Waals surface area contributed by atoms with E-state index in [1.165, 1.54) is 17.2 Å². The van der Waals surface area contributed by atoms with Crippen molar-refractivity contribution in [2.45, 2.75) is 31.6 Å². The lowest BCUT2D eigenvalue weighted by Crippen LogP contribution is -3.11. The molecule has 10 heteroatoms. The molecule has 2 rings (SSSR count). The lowest BCUT2D eigenvalue weighted by Gasteiger charge is -2.15. The molecule has 0 aromatic carbocycles. The van der Waals surface area contributed by atoms with Crippen LogP contribution in [0.4, 0.5) is 13.2 Å². The summed E-state index contributed by atoms with van der Waals surface area (Å²) in [5.74, 6) is -0.116. The van der Waals surface area contributed by atoms with E-state index in [1.54, 1.807) is 6.07 Å². The number of quaternary nitrogens is 1. The molecule has 0 radical (unpaired) electrons. The van der Waals surface area contributed by atoms with E-state index in [2.05, 4.69) is 29.1 Å². The second kappa shape index (κ2) is 10.5. The first-order valence-corrected chi connectivity index (χ1v) is 10.0. The van der Waals surface area contributed by atoms with E-state index in [0.717, 1.165) is 43.9 Å². The molecule has 154 valence electrons. The lowest BCUT2D eigenvalue weighted by atomic mass is 10.2. The largest absolute Gasteiger partial charge is 0.463 e. The maximum Gasteiger partial charge on any atom is 0.433 e. The zero-order chi connectivity index (χ0) is 20.6. The number of hydrogen-bond donors (Lipinski definition) is 2. The van der Waals surface area contributed by atoms with Gasteiger partial charge in [0.2, 0.25) is 5.91 Å². The van der Waals surface area contributed by atoms with Crippen LogP contribution in [0, 0.1) is 0 Å². The zero-order valence-corrected chi connectivity index (χ0v) is 16.6. The van der Waals surface area contributed by atoms with E-state index in [1.807, 2.05) is 0 Å². The summed E-state index contributed by atoms with van der Waals surface area (Å²) in [6.45, 7) is 7.78. The summed E-state index contributed by atoms with van der Waals surface area (Å²) in [6, 6.07) is 3.91. The van der Waals surface area contributed by atoms with Crippen LogP contribution in [-0.4, -0.2) is 47.8 Å². The number of aromatic nitrogens is 2. The molecule has 0 spiro atoms. The van der Waals surface area contributed by atoms with Gasteiger partial charge in [-0.3, -0.25) is 4.79 Å². The molecule has 2 aromatic heterocycles. The predicted octanol–water partition coefficient (Wildman–Crippen LogP) is 2.28. The van der Waals surface area contributed by atoms with Crippen molar-refractivity contribution in [1.29, 1.82) is 0 Å². The molecular formula is C18H24F3N4O2S+. The third-order valence-electron chi connectivity index (χ3n) is 4.13. The Kier molecular flexibility index (Phi) is 8.31. The van der Waals surface area contributed by atoms with Gasteiger partial charge in [-0.15, -0.1) is 0 Å². The summed E-state index contributed by atoms with van der Waals surface area (Å²) in [7, 11) is 0. The highest BCUT2D eigenvalue weighted by molar-refractivity contribution is 7.99. The summed E-state index contributed by atoms with van der Waals surface area (Å²) >= 11 is 0.862. The van der Waals surface area contributed by atoms with E-state index >= 15 is 0 Å². The Balaban J connectivity index is 1.94. The first-order chi connectivity index (χ1) is 13.3. The third-order valence-corrected chi connectivity index (χ3v) is 4.98. The zero-order valence-electron chi connectivity index (χ0n) is 15.8. The minimum atomic E-state index is -4.62. The van der Waals surface area contributed by atoms with E-state index < -0.39 is 11.9 Å². The standard InChI is InChI=1S/C18H23F3N4O2S/c1-3-25(4-2)9-6-8-22-16(26)12-28-17-23-13(14-7-5-10-27-14)11-15(24-17)18(19,20)21/h5,7,10-11H,3-4,6,8-9,12H2,1-2H3,(H,22,26)/p+1. The van der Waals surface area contributed by atoms with Crippen LogP contribution in [0.3, 0.4) is 0 Å². The number of nitrogens with zero attached hydrogens (tertiary/aromatic N) is 2. The fraction of sp³-hybridized carbons (Fsp3) is 0.500. The Morgan fingerprint density at radius 3 is 2.64 bits per heavy atom. The SMILES string of the molecule is CC[NH+](CC)CCCNC(=O)CSc1nc(-c2ccco2)cc(C(F)(F)F)n1. The number of hydrogen-bond acceptors (Lipinski definition) is 5. The van der Waals surface area contributed by atoms with Crippen molar-refractivity contribution in [3.8, 4) is 11.5 Å². The van der Waals surface area contributed by atoms with Crippen LogP contribution in [0.5, 0.6) is 0 Å². The van der Waals surface area contributed by atoms with Crippen molar-refractivity contribution >= 4 is 17.7 Å². The van der Waals surface area contributed by atoms with Gasteiger partial charge in [0.25, 0.3) is 0 Å². The molecule has 0 saturated heterocycles. The average molecular weight is 417 g/mol. The Bertz CT molecular complexity index is 750. The van der Waals surface area contributed by atoms with Crippen molar-refractivity contribution in [1.82, 2.24) is 15.3 Å². The van der Waals surface area contributed by atoms with Crippen molar-refractivity contribution in [3.05, 3.63) is 30.2 Å². The van der Waals surface area contributed by atoms with Crippen LogP contribution in [0.1, 0.15) is 26.0 Å². The minimum Gasteiger partial charge on any atom is -0.463 e. The molecule has 6 nitrogen and oxygen atoms in total. The fourth-order valence-electron chi connectivity index (χ4n) is 2.54. The van der Waals surface area contributed by atoms with Gasteiger partial charge in [-0.1, -0.05) is 11.8 Å². The number of carbonyl (C=O) groups is 1. The Hall–Kier alpha value is -2.07. The first kappa shape index (κ1) is 22.2. The fourth-order valence-corrected chi connectivity index (χ4v) is 3.22. The van der Waals surface area contributed by atoms with Crippen LogP contribution in [-0.2, 0) is 11.0 Å². The third kappa shape index (κ3) is 6.83. The second-order valence-electron chi connectivity index (χ2n) is 6.10. The van der Waals surface area contributed by atoms with E-state index in [-0.39, 0.29) is 28.3 Å². The summed E-state index contributed by atoms with van der Waals surface area (Å²) in [5, 5.41) is 2.65. The lowest BCUT2D eigenvalue weighted by molar-refractivity contribution is -0.896. The summed E-state index contributed by atoms with van der Waals surface area (Å²) in [4.78, 5) is 21.0. The van der Waals surface area contributed by atoms with Gasteiger partial charge in [-0.05, 0) is 32.0 Å². The molecule has 2 heterocycles. The number of halogens is 3. The maximum atomic E-state index is 13.1. The van der Waals surface area contributed by atoms with Crippen LogP contribution in [0.15, 0.2) is 34.0 Å². The average Bonchev–Trinajstić information content (AvgIpc) is 3.20. The number of nitrogens with one attached hydrogen (secondary N) is 2. The van der Waals surface area contributed by atoms with Gasteiger partial charge in [-0.2, -0.15) is 13.2 Å². The van der Waals surface area contributed by atoms with Crippen molar-refractivity contribution in [3.63, 3.8) is 0 Å². The molecule has 1 amide bonds. The van der Waals surface area contributed by atoms with Crippen molar-refractivity contribution in [2.75, 3.05) is 31.9 Å². The molecule has 0 unspecified atom stereocenters. The van der Waals surface area contributed by atoms with Crippen LogP contribution >= 0.6 is 11.8 Å². The number of rotatable bonds is 10. The number of carbonyl (C=O) groups excluding carboxylic acids is 1. The number of thioether (sulfide) groups is 1. The quantitative estimate of drug-likeness (QED) is 0.353. The summed E-state index contributed by atoms with van der Waals surface area (Å²) in [6.07, 6.45) is -2.42. The van der Waals surface area contributed by atoms with Gasteiger partial charge in [0.1, 0.15) is 11.4 Å². The highest BCUT2D eigenvalue weighted by Gasteiger charge is 2.34. The predicted molar refractivity (Wildman–Crippen MR) is 100.0 cm³/mol. The Morgan fingerprint density at radius 1 is 1.29 bits per heavy atom. The monoisotopic (exact) mass is 417 g/mol. The molecule has 0 fully saturated rings. The molecular weight excluding hydrogens is 393 g/mol. The van der Waals surface area contributed by atoms with E-state index in [0.29, 0.717) is 6.54 Å². The molecule has 0 saturated carbocycles. The van der Waals surface area contributed by atoms with Gasteiger partial charge in [0.05, 0.1) is 31.7 Å². The number of amides is 1. The molecule has 0 bridgehead atoms.